The number of rotatable bonds is 45. The Morgan fingerprint density at radius 3 is 1.16 bits per heavy atom. The molecular weight excluding hydrogens is 709 g/mol. The van der Waals surface area contributed by atoms with Crippen LogP contribution in [0.3, 0.4) is 0 Å². The third-order valence-electron chi connectivity index (χ3n) is 12.0. The number of ether oxygens (including phenoxy) is 2. The average Bonchev–Trinajstić information content (AvgIpc) is 3.18. The Balaban J connectivity index is 4.23. The van der Waals surface area contributed by atoms with Crippen LogP contribution in [0.2, 0.25) is 0 Å². The van der Waals surface area contributed by atoms with Crippen LogP contribution in [0.5, 0.6) is 0 Å². The second-order valence-corrected chi connectivity index (χ2v) is 18.0. The Kier molecular flexibility index (Phi) is 42.0. The molecule has 1 atom stereocenters. The summed E-state index contributed by atoms with van der Waals surface area (Å²) in [4.78, 5) is 29.3. The molecule has 57 heavy (non-hydrogen) atoms. The van der Waals surface area contributed by atoms with Gasteiger partial charge in [0.25, 0.3) is 0 Å². The molecule has 1 N–H and O–H groups in total. The molecule has 7 heteroatoms. The van der Waals surface area contributed by atoms with E-state index in [1.807, 2.05) is 14.1 Å². The molecule has 0 fully saturated rings. The zero-order valence-corrected chi connectivity index (χ0v) is 39.3. The number of hydrogen-bond donors (Lipinski definition) is 1. The lowest BCUT2D eigenvalue weighted by Gasteiger charge is -2.24. The third kappa shape index (κ3) is 40.0. The molecule has 0 heterocycles. The maximum Gasteiger partial charge on any atom is 0.305 e. The van der Waals surface area contributed by atoms with Crippen LogP contribution in [-0.4, -0.2) is 86.4 Å². The van der Waals surface area contributed by atoms with E-state index < -0.39 is 0 Å². The highest BCUT2D eigenvalue weighted by molar-refractivity contribution is 5.69. The van der Waals surface area contributed by atoms with Gasteiger partial charge in [-0.05, 0) is 96.8 Å². The second-order valence-electron chi connectivity index (χ2n) is 18.0. The summed E-state index contributed by atoms with van der Waals surface area (Å²) in [5.74, 6) is 1.56. The van der Waals surface area contributed by atoms with E-state index in [2.05, 4.69) is 37.5 Å². The van der Waals surface area contributed by atoms with Crippen LogP contribution in [0.4, 0.5) is 0 Å². The van der Waals surface area contributed by atoms with Crippen LogP contribution in [0.15, 0.2) is 0 Å². The molecule has 1 unspecified atom stereocenters. The number of carbonyl (C=O) groups is 2. The van der Waals surface area contributed by atoms with Gasteiger partial charge in [-0.3, -0.25) is 9.59 Å². The first-order valence-electron chi connectivity index (χ1n) is 25.1. The first kappa shape index (κ1) is 55.8. The molecule has 0 aliphatic rings. The summed E-state index contributed by atoms with van der Waals surface area (Å²) < 4.78 is 11.2. The number of likely N-dealkylation sites (N-methyl/N-ethyl adjacent to an activating group) is 1. The van der Waals surface area contributed by atoms with E-state index in [0.717, 1.165) is 102 Å². The van der Waals surface area contributed by atoms with Crippen molar-refractivity contribution in [2.24, 2.45) is 11.8 Å². The van der Waals surface area contributed by atoms with E-state index in [-0.39, 0.29) is 18.0 Å². The van der Waals surface area contributed by atoms with Crippen molar-refractivity contribution in [3.8, 4) is 0 Å². The lowest BCUT2D eigenvalue weighted by molar-refractivity contribution is -0.144. The molecule has 0 spiro atoms. The minimum absolute atomic E-state index is 0.0178. The molecule has 0 aromatic carbocycles. The molecule has 0 aromatic heterocycles. The van der Waals surface area contributed by atoms with Crippen molar-refractivity contribution in [1.29, 1.82) is 0 Å². The molecule has 0 aliphatic carbocycles. The Labute approximate surface area is 355 Å². The maximum absolute atomic E-state index is 12.4. The molecule has 0 radical (unpaired) electrons. The fraction of sp³-hybridized carbons (Fsp3) is 0.960. The van der Waals surface area contributed by atoms with Crippen LogP contribution in [0.25, 0.3) is 0 Å². The minimum atomic E-state index is -0.293. The number of hydrogen-bond acceptors (Lipinski definition) is 7. The minimum Gasteiger partial charge on any atom is -0.466 e. The fourth-order valence-electron chi connectivity index (χ4n) is 8.31. The lowest BCUT2D eigenvalue weighted by Crippen LogP contribution is -2.33. The predicted octanol–water partition coefficient (Wildman–Crippen LogP) is 13.5. The quantitative estimate of drug-likeness (QED) is 0.0485. The van der Waals surface area contributed by atoms with Crippen molar-refractivity contribution in [3.63, 3.8) is 0 Å². The van der Waals surface area contributed by atoms with Gasteiger partial charge in [-0.2, -0.15) is 0 Å². The zero-order chi connectivity index (χ0) is 42.0. The molecule has 0 rings (SSSR count). The molecule has 7 nitrogen and oxygen atoms in total. The molecular formula is C50H100N2O5. The largest absolute Gasteiger partial charge is 0.466 e. The lowest BCUT2D eigenvalue weighted by atomic mass is 9.91. The smallest absolute Gasteiger partial charge is 0.305 e. The van der Waals surface area contributed by atoms with E-state index in [1.165, 1.54) is 128 Å². The van der Waals surface area contributed by atoms with E-state index in [1.54, 1.807) is 0 Å². The average molecular weight is 809 g/mol. The monoisotopic (exact) mass is 809 g/mol. The Morgan fingerprint density at radius 2 is 0.789 bits per heavy atom. The fourth-order valence-corrected chi connectivity index (χ4v) is 8.31. The molecule has 0 bridgehead atoms. The second kappa shape index (κ2) is 42.9. The molecule has 0 aliphatic heterocycles. The summed E-state index contributed by atoms with van der Waals surface area (Å²) in [5.41, 5.74) is 0. The van der Waals surface area contributed by atoms with E-state index in [4.69, 9.17) is 9.47 Å². The van der Waals surface area contributed by atoms with Crippen molar-refractivity contribution in [2.75, 3.05) is 53.5 Å². The van der Waals surface area contributed by atoms with Crippen LogP contribution < -0.4 is 0 Å². The summed E-state index contributed by atoms with van der Waals surface area (Å²) in [6, 6.07) is 0. The number of unbranched alkanes of at least 4 members (excludes halogenated alkanes) is 16. The topological polar surface area (TPSA) is 79.3 Å². The van der Waals surface area contributed by atoms with E-state index in [9.17, 15) is 14.7 Å². The molecule has 0 amide bonds. The number of esters is 2. The van der Waals surface area contributed by atoms with Crippen LogP contribution >= 0.6 is 0 Å². The van der Waals surface area contributed by atoms with Gasteiger partial charge >= 0.3 is 11.9 Å². The SMILES string of the molecule is CCCCCC(CCCCC)CCCOC(=O)CCCCCCCN(CCCCCCCC(=O)OCCCC(CCCCC)CCCCC)CCC(O)CN(C)C. The predicted molar refractivity (Wildman–Crippen MR) is 245 cm³/mol. The summed E-state index contributed by atoms with van der Waals surface area (Å²) in [5, 5.41) is 10.5. The van der Waals surface area contributed by atoms with E-state index >= 15 is 0 Å². The van der Waals surface area contributed by atoms with Gasteiger partial charge in [-0.25, -0.2) is 0 Å². The van der Waals surface area contributed by atoms with Crippen molar-refractivity contribution in [3.05, 3.63) is 0 Å². The highest BCUT2D eigenvalue weighted by Crippen LogP contribution is 2.24. The van der Waals surface area contributed by atoms with Crippen molar-refractivity contribution < 1.29 is 24.2 Å². The van der Waals surface area contributed by atoms with Crippen molar-refractivity contribution >= 4 is 11.9 Å². The highest BCUT2D eigenvalue weighted by Gasteiger charge is 2.13. The van der Waals surface area contributed by atoms with Gasteiger partial charge in [0, 0.05) is 25.9 Å². The van der Waals surface area contributed by atoms with Gasteiger partial charge in [0.15, 0.2) is 0 Å². The van der Waals surface area contributed by atoms with Gasteiger partial charge in [-0.1, -0.05) is 169 Å². The highest BCUT2D eigenvalue weighted by atomic mass is 16.5. The molecule has 0 saturated heterocycles. The first-order chi connectivity index (χ1) is 27.7. The normalized spacial score (nSPS) is 12.4. The molecule has 340 valence electrons. The maximum atomic E-state index is 12.4. The molecule has 0 saturated carbocycles. The van der Waals surface area contributed by atoms with Crippen LogP contribution in [-0.2, 0) is 19.1 Å². The summed E-state index contributed by atoms with van der Waals surface area (Å²) >= 11 is 0. The molecule has 0 aromatic rings. The first-order valence-corrected chi connectivity index (χ1v) is 25.1. The number of nitrogens with zero attached hydrogens (tertiary/aromatic N) is 2. The van der Waals surface area contributed by atoms with Crippen LogP contribution in [0.1, 0.15) is 240 Å². The summed E-state index contributed by atoms with van der Waals surface area (Å²) in [6.45, 7) is 14.0. The summed E-state index contributed by atoms with van der Waals surface area (Å²) in [6.07, 6.45) is 38.2. The van der Waals surface area contributed by atoms with E-state index in [0.29, 0.717) is 32.6 Å². The Bertz CT molecular complexity index is 777. The summed E-state index contributed by atoms with van der Waals surface area (Å²) in [7, 11) is 4.03. The Morgan fingerprint density at radius 1 is 0.439 bits per heavy atom. The van der Waals surface area contributed by atoms with Gasteiger partial charge in [-0.15, -0.1) is 0 Å². The van der Waals surface area contributed by atoms with Gasteiger partial charge in [0.05, 0.1) is 19.3 Å². The van der Waals surface area contributed by atoms with Gasteiger partial charge < -0.3 is 24.4 Å². The zero-order valence-electron chi connectivity index (χ0n) is 39.3. The standard InChI is InChI=1S/C50H100N2O5/c1-7-11-21-31-46(32-22-12-8-2)35-29-43-56-49(54)37-25-17-15-19-27-40-52(42-39-48(53)45-51(5)6)41-28-20-16-18-26-38-50(55)57-44-30-36-47(33-23-13-9-3)34-24-14-10-4/h46-48,53H,7-45H2,1-6H3. The van der Waals surface area contributed by atoms with Crippen molar-refractivity contribution in [2.45, 2.75) is 246 Å². The van der Waals surface area contributed by atoms with Crippen molar-refractivity contribution in [1.82, 2.24) is 9.80 Å². The van der Waals surface area contributed by atoms with Crippen LogP contribution in [0, 0.1) is 11.8 Å². The van der Waals surface area contributed by atoms with Gasteiger partial charge in [0.1, 0.15) is 0 Å². The van der Waals surface area contributed by atoms with Gasteiger partial charge in [0.2, 0.25) is 0 Å². The third-order valence-corrected chi connectivity index (χ3v) is 12.0. The number of carbonyl (C=O) groups excluding carboxylic acids is 2. The Hall–Kier alpha value is -1.18. The number of aliphatic hydroxyl groups excluding tert-OH is 1. The number of aliphatic hydroxyl groups is 1.